The third kappa shape index (κ3) is 5.93. The van der Waals surface area contributed by atoms with E-state index in [4.69, 9.17) is 33.3 Å². The highest BCUT2D eigenvalue weighted by Gasteiger charge is 2.26. The van der Waals surface area contributed by atoms with Gasteiger partial charge in [0.05, 0.1) is 35.7 Å². The number of carbonyl (C=O) groups is 2. The second-order valence-corrected chi connectivity index (χ2v) is 8.07. The van der Waals surface area contributed by atoms with Gasteiger partial charge < -0.3 is 20.1 Å². The van der Waals surface area contributed by atoms with E-state index in [0.717, 1.165) is 23.5 Å². The first-order valence-electron chi connectivity index (χ1n) is 9.50. The Kier molecular flexibility index (Phi) is 9.07. The van der Waals surface area contributed by atoms with Crippen molar-refractivity contribution in [1.29, 1.82) is 0 Å². The van der Waals surface area contributed by atoms with Crippen LogP contribution in [0.3, 0.4) is 0 Å². The van der Waals surface area contributed by atoms with Crippen LogP contribution in [0.5, 0.6) is 0 Å². The first-order valence-corrected chi connectivity index (χ1v) is 11.1. The summed E-state index contributed by atoms with van der Waals surface area (Å²) in [6.07, 6.45) is 2.39. The molecule has 30 heavy (non-hydrogen) atoms. The van der Waals surface area contributed by atoms with Gasteiger partial charge in [-0.05, 0) is 51.9 Å². The Bertz CT molecular complexity index is 926. The summed E-state index contributed by atoms with van der Waals surface area (Å²) in [5, 5.41) is 11.7. The minimum absolute atomic E-state index is 0.224. The molecule has 2 aromatic rings. The lowest BCUT2D eigenvalue weighted by Crippen LogP contribution is -2.30. The molecule has 0 fully saturated rings. The molecular weight excluding hydrogens is 448 g/mol. The topological polar surface area (TPSA) is 94.5 Å². The number of esters is 2. The van der Waals surface area contributed by atoms with Crippen molar-refractivity contribution in [3.05, 3.63) is 32.9 Å². The molecule has 0 saturated carbocycles. The van der Waals surface area contributed by atoms with Crippen LogP contribution in [0.2, 0.25) is 5.02 Å². The molecule has 8 nitrogen and oxygen atoms in total. The maximum atomic E-state index is 12.4. The van der Waals surface area contributed by atoms with Crippen LogP contribution < -0.4 is 10.6 Å². The van der Waals surface area contributed by atoms with E-state index in [1.807, 2.05) is 11.6 Å². The Morgan fingerprint density at radius 1 is 1.23 bits per heavy atom. The average Bonchev–Trinajstić information content (AvgIpc) is 3.19. The largest absolute Gasteiger partial charge is 0.462 e. The molecule has 0 atom stereocenters. The van der Waals surface area contributed by atoms with Crippen molar-refractivity contribution in [3.63, 3.8) is 0 Å². The molecule has 0 spiro atoms. The number of rotatable bonds is 9. The SMILES string of the molecule is CCOC(=O)c1sc(NC(=S)NCCCn2ncc(Cl)c2C)c(C(=O)OCC)c1C. The zero-order valence-electron chi connectivity index (χ0n) is 17.3. The number of thiocarbonyl (C=S) groups is 1. The lowest BCUT2D eigenvalue weighted by atomic mass is 10.1. The van der Waals surface area contributed by atoms with Crippen LogP contribution in [0, 0.1) is 13.8 Å². The second kappa shape index (κ2) is 11.3. The number of aromatic nitrogens is 2. The van der Waals surface area contributed by atoms with Gasteiger partial charge in [0.2, 0.25) is 0 Å². The van der Waals surface area contributed by atoms with E-state index in [-0.39, 0.29) is 18.8 Å². The molecule has 2 N–H and O–H groups in total. The van der Waals surface area contributed by atoms with Gasteiger partial charge >= 0.3 is 11.9 Å². The van der Waals surface area contributed by atoms with Gasteiger partial charge in [-0.1, -0.05) is 11.6 Å². The summed E-state index contributed by atoms with van der Waals surface area (Å²) in [5.41, 5.74) is 1.71. The second-order valence-electron chi connectivity index (χ2n) is 6.24. The quantitative estimate of drug-likeness (QED) is 0.322. The summed E-state index contributed by atoms with van der Waals surface area (Å²) in [4.78, 5) is 25.0. The first-order chi connectivity index (χ1) is 14.3. The molecule has 2 rings (SSSR count). The van der Waals surface area contributed by atoms with Crippen molar-refractivity contribution in [2.24, 2.45) is 0 Å². The lowest BCUT2D eigenvalue weighted by Gasteiger charge is -2.11. The molecule has 2 heterocycles. The number of thiophene rings is 1. The summed E-state index contributed by atoms with van der Waals surface area (Å²) >= 11 is 12.5. The highest BCUT2D eigenvalue weighted by Crippen LogP contribution is 2.34. The normalized spacial score (nSPS) is 10.6. The number of anilines is 1. The maximum Gasteiger partial charge on any atom is 0.348 e. The van der Waals surface area contributed by atoms with E-state index >= 15 is 0 Å². The molecule has 0 aromatic carbocycles. The zero-order valence-corrected chi connectivity index (χ0v) is 19.7. The number of aryl methyl sites for hydroxylation is 1. The summed E-state index contributed by atoms with van der Waals surface area (Å²) < 4.78 is 12.0. The van der Waals surface area contributed by atoms with Gasteiger partial charge in [0.25, 0.3) is 0 Å². The van der Waals surface area contributed by atoms with Crippen molar-refractivity contribution in [3.8, 4) is 0 Å². The Labute approximate surface area is 189 Å². The first kappa shape index (κ1) is 24.1. The zero-order chi connectivity index (χ0) is 22.3. The number of carbonyl (C=O) groups excluding carboxylic acids is 2. The number of ether oxygens (including phenoxy) is 2. The number of halogens is 1. The Balaban J connectivity index is 2.03. The van der Waals surface area contributed by atoms with Crippen LogP contribution >= 0.6 is 35.2 Å². The smallest absolute Gasteiger partial charge is 0.348 e. The molecule has 0 amide bonds. The lowest BCUT2D eigenvalue weighted by molar-refractivity contribution is 0.0527. The monoisotopic (exact) mass is 472 g/mol. The molecular formula is C19H25ClN4O4S2. The molecule has 0 radical (unpaired) electrons. The number of hydrogen-bond donors (Lipinski definition) is 2. The predicted octanol–water partition coefficient (Wildman–Crippen LogP) is 3.94. The fourth-order valence-electron chi connectivity index (χ4n) is 2.67. The van der Waals surface area contributed by atoms with E-state index in [9.17, 15) is 9.59 Å². The van der Waals surface area contributed by atoms with E-state index in [2.05, 4.69) is 15.7 Å². The molecule has 0 bridgehead atoms. The Morgan fingerprint density at radius 3 is 2.50 bits per heavy atom. The summed E-state index contributed by atoms with van der Waals surface area (Å²) in [6, 6.07) is 0. The van der Waals surface area contributed by atoms with E-state index in [1.54, 1.807) is 27.0 Å². The van der Waals surface area contributed by atoms with Crippen LogP contribution in [-0.4, -0.2) is 46.6 Å². The van der Waals surface area contributed by atoms with Crippen molar-refractivity contribution < 1.29 is 19.1 Å². The van der Waals surface area contributed by atoms with Crippen LogP contribution in [-0.2, 0) is 16.0 Å². The van der Waals surface area contributed by atoms with Gasteiger partial charge in [0.15, 0.2) is 5.11 Å². The average molecular weight is 473 g/mol. The minimum Gasteiger partial charge on any atom is -0.462 e. The van der Waals surface area contributed by atoms with E-state index < -0.39 is 11.9 Å². The molecule has 11 heteroatoms. The van der Waals surface area contributed by atoms with Crippen LogP contribution in [0.4, 0.5) is 5.00 Å². The van der Waals surface area contributed by atoms with Gasteiger partial charge in [-0.25, -0.2) is 9.59 Å². The molecule has 0 unspecified atom stereocenters. The van der Waals surface area contributed by atoms with Crippen LogP contribution in [0.1, 0.15) is 51.6 Å². The molecule has 164 valence electrons. The Hall–Kier alpha value is -2.17. The Morgan fingerprint density at radius 2 is 1.90 bits per heavy atom. The number of nitrogens with zero attached hydrogens (tertiary/aromatic N) is 2. The minimum atomic E-state index is -0.516. The fraction of sp³-hybridized carbons (Fsp3) is 0.474. The van der Waals surface area contributed by atoms with Crippen molar-refractivity contribution >= 4 is 57.2 Å². The molecule has 0 aliphatic heterocycles. The predicted molar refractivity (Wildman–Crippen MR) is 122 cm³/mol. The summed E-state index contributed by atoms with van der Waals surface area (Å²) in [5.74, 6) is -0.996. The van der Waals surface area contributed by atoms with Gasteiger partial charge in [-0.2, -0.15) is 5.10 Å². The highest BCUT2D eigenvalue weighted by molar-refractivity contribution is 7.80. The van der Waals surface area contributed by atoms with Crippen LogP contribution in [0.15, 0.2) is 6.20 Å². The van der Waals surface area contributed by atoms with Crippen molar-refractivity contribution in [1.82, 2.24) is 15.1 Å². The number of hydrogen-bond acceptors (Lipinski definition) is 7. The fourth-order valence-corrected chi connectivity index (χ4v) is 4.17. The third-order valence-corrected chi connectivity index (χ3v) is 5.99. The van der Waals surface area contributed by atoms with Gasteiger partial charge in [0.1, 0.15) is 9.88 Å². The molecule has 0 aliphatic carbocycles. The number of nitrogens with one attached hydrogen (secondary N) is 2. The van der Waals surface area contributed by atoms with Crippen molar-refractivity contribution in [2.75, 3.05) is 25.1 Å². The molecule has 0 aliphatic rings. The molecule has 0 saturated heterocycles. The van der Waals surface area contributed by atoms with Crippen molar-refractivity contribution in [2.45, 2.75) is 40.7 Å². The molecule has 2 aromatic heterocycles. The van der Waals surface area contributed by atoms with E-state index in [1.165, 1.54) is 0 Å². The maximum absolute atomic E-state index is 12.4. The summed E-state index contributed by atoms with van der Waals surface area (Å²) in [7, 11) is 0. The standard InChI is InChI=1S/C19H25ClN4O4S2/c1-5-27-17(25)14-11(3)15(18(26)28-6-2)30-16(14)23-19(29)21-8-7-9-24-12(4)13(20)10-22-24/h10H,5-9H2,1-4H3,(H2,21,23,29). The highest BCUT2D eigenvalue weighted by atomic mass is 35.5. The van der Waals surface area contributed by atoms with Gasteiger partial charge in [-0.15, -0.1) is 11.3 Å². The third-order valence-electron chi connectivity index (χ3n) is 4.19. The summed E-state index contributed by atoms with van der Waals surface area (Å²) in [6.45, 7) is 8.79. The van der Waals surface area contributed by atoms with Gasteiger partial charge in [-0.3, -0.25) is 4.68 Å². The van der Waals surface area contributed by atoms with Gasteiger partial charge in [0, 0.05) is 13.1 Å². The van der Waals surface area contributed by atoms with E-state index in [0.29, 0.717) is 38.7 Å². The van der Waals surface area contributed by atoms with Crippen LogP contribution in [0.25, 0.3) is 0 Å².